The Hall–Kier alpha value is -3.72. The molecule has 0 aromatic heterocycles. The van der Waals surface area contributed by atoms with Crippen LogP contribution in [0.3, 0.4) is 0 Å². The smallest absolute Gasteiger partial charge is 0.409 e. The number of thioether (sulfide) groups is 2. The van der Waals surface area contributed by atoms with E-state index in [9.17, 15) is 9.59 Å². The number of hydrogen-bond acceptors (Lipinski definition) is 6. The van der Waals surface area contributed by atoms with Crippen molar-refractivity contribution in [2.75, 3.05) is 25.1 Å². The zero-order valence-electron chi connectivity index (χ0n) is 31.1. The summed E-state index contributed by atoms with van der Waals surface area (Å²) in [6.07, 6.45) is 2.82. The molecular formula is C43H53N3O3S2. The van der Waals surface area contributed by atoms with Crippen LogP contribution in [-0.4, -0.2) is 64.6 Å². The maximum Gasteiger partial charge on any atom is 0.409 e. The van der Waals surface area contributed by atoms with E-state index in [1.54, 1.807) is 11.8 Å². The summed E-state index contributed by atoms with van der Waals surface area (Å²) in [4.78, 5) is 30.4. The first kappa shape index (κ1) is 38.5. The Labute approximate surface area is 313 Å². The number of benzene rings is 4. The first-order chi connectivity index (χ1) is 24.4. The van der Waals surface area contributed by atoms with Crippen molar-refractivity contribution in [1.29, 1.82) is 0 Å². The second kappa shape index (κ2) is 16.7. The summed E-state index contributed by atoms with van der Waals surface area (Å²) < 4.78 is 5.33. The summed E-state index contributed by atoms with van der Waals surface area (Å²) >= 11 is 3.63. The molecule has 2 amide bonds. The van der Waals surface area contributed by atoms with E-state index in [1.165, 1.54) is 16.7 Å². The first-order valence-corrected chi connectivity index (χ1v) is 20.1. The lowest BCUT2D eigenvalue weighted by molar-refractivity contribution is 0.00531. The molecule has 1 aliphatic heterocycles. The molecule has 8 heteroatoms. The van der Waals surface area contributed by atoms with E-state index < -0.39 is 22.1 Å². The van der Waals surface area contributed by atoms with Gasteiger partial charge in [0.05, 0.1) is 10.8 Å². The minimum absolute atomic E-state index is 0.0140. The lowest BCUT2D eigenvalue weighted by atomic mass is 9.84. The highest BCUT2D eigenvalue weighted by Gasteiger charge is 2.49. The van der Waals surface area contributed by atoms with E-state index in [2.05, 4.69) is 115 Å². The highest BCUT2D eigenvalue weighted by molar-refractivity contribution is 8.01. The molecule has 2 N–H and O–H groups in total. The number of rotatable bonds is 12. The average Bonchev–Trinajstić information content (AvgIpc) is 3.12. The van der Waals surface area contributed by atoms with Gasteiger partial charge in [0.2, 0.25) is 0 Å². The summed E-state index contributed by atoms with van der Waals surface area (Å²) in [6, 6.07) is 37.7. The highest BCUT2D eigenvalue weighted by Crippen LogP contribution is 2.51. The third kappa shape index (κ3) is 8.85. The number of piperazine rings is 1. The second-order valence-electron chi connectivity index (χ2n) is 14.5. The molecule has 0 saturated carbocycles. The maximum atomic E-state index is 14.7. The first-order valence-electron chi connectivity index (χ1n) is 17.9. The molecule has 4 aromatic rings. The number of hydrogen-bond donors (Lipinski definition) is 2. The van der Waals surface area contributed by atoms with Crippen molar-refractivity contribution in [2.45, 2.75) is 81.7 Å². The van der Waals surface area contributed by atoms with Gasteiger partial charge in [-0.15, -0.1) is 11.8 Å². The lowest BCUT2D eigenvalue weighted by Gasteiger charge is -2.52. The molecule has 0 aliphatic carbocycles. The molecule has 1 aliphatic rings. The van der Waals surface area contributed by atoms with Crippen LogP contribution >= 0.6 is 23.5 Å². The summed E-state index contributed by atoms with van der Waals surface area (Å²) in [5, 5.41) is 7.07. The normalized spacial score (nSPS) is 18.6. The summed E-state index contributed by atoms with van der Waals surface area (Å²) in [5.41, 5.74) is 4.72. The molecule has 0 radical (unpaired) electrons. The number of aryl methyl sites for hydroxylation is 1. The zero-order valence-corrected chi connectivity index (χ0v) is 32.7. The van der Waals surface area contributed by atoms with E-state index in [4.69, 9.17) is 4.74 Å². The molecule has 0 spiro atoms. The minimum atomic E-state index is -0.916. The third-order valence-corrected chi connectivity index (χ3v) is 12.0. The summed E-state index contributed by atoms with van der Waals surface area (Å²) in [5.74, 6) is 0.772. The molecule has 0 bridgehead atoms. The van der Waals surface area contributed by atoms with Gasteiger partial charge >= 0.3 is 6.09 Å². The van der Waals surface area contributed by atoms with E-state index >= 15 is 0 Å². The predicted molar refractivity (Wildman–Crippen MR) is 215 cm³/mol. The monoisotopic (exact) mass is 723 g/mol. The molecule has 5 rings (SSSR count). The topological polar surface area (TPSA) is 70.7 Å². The van der Waals surface area contributed by atoms with Crippen LogP contribution in [0, 0.1) is 13.8 Å². The largest absolute Gasteiger partial charge is 0.444 e. The van der Waals surface area contributed by atoms with Crippen LogP contribution < -0.4 is 10.6 Å². The molecule has 2 unspecified atom stereocenters. The molecule has 1 fully saturated rings. The molecule has 4 aromatic carbocycles. The third-order valence-electron chi connectivity index (χ3n) is 9.73. The molecule has 1 saturated heterocycles. The van der Waals surface area contributed by atoms with Crippen molar-refractivity contribution in [3.8, 4) is 0 Å². The molecule has 270 valence electrons. The minimum Gasteiger partial charge on any atom is -0.444 e. The van der Waals surface area contributed by atoms with Crippen LogP contribution in [0.5, 0.6) is 0 Å². The SMILES string of the molecule is CSCCC1(NC(=O)OC(C)(C)C)NCCN(C(=O)c2cccc(C)c2C)C1C[C@H](C)SC(c1ccccc1)(c1ccccc1)c1ccccc1. The average molecular weight is 724 g/mol. The van der Waals surface area contributed by atoms with Crippen LogP contribution in [-0.2, 0) is 9.48 Å². The summed E-state index contributed by atoms with van der Waals surface area (Å²) in [7, 11) is 0. The fourth-order valence-corrected chi connectivity index (χ4v) is 9.45. The lowest BCUT2D eigenvalue weighted by Crippen LogP contribution is -2.75. The Morgan fingerprint density at radius 2 is 1.43 bits per heavy atom. The molecule has 3 atom stereocenters. The quantitative estimate of drug-likeness (QED) is 0.142. The van der Waals surface area contributed by atoms with Crippen molar-refractivity contribution >= 4 is 35.5 Å². The Morgan fingerprint density at radius 3 is 1.94 bits per heavy atom. The Bertz CT molecular complexity index is 1650. The number of carbonyl (C=O) groups is 2. The van der Waals surface area contributed by atoms with E-state index in [1.807, 2.05) is 69.5 Å². The second-order valence-corrected chi connectivity index (χ2v) is 17.1. The van der Waals surface area contributed by atoms with Gasteiger partial charge in [0.15, 0.2) is 0 Å². The van der Waals surface area contributed by atoms with Crippen LogP contribution in [0.1, 0.15) is 78.7 Å². The van der Waals surface area contributed by atoms with Crippen molar-refractivity contribution in [2.24, 2.45) is 0 Å². The summed E-state index contributed by atoms with van der Waals surface area (Å²) in [6.45, 7) is 13.0. The molecule has 6 nitrogen and oxygen atoms in total. The number of alkyl carbamates (subject to hydrolysis) is 1. The number of ether oxygens (including phenoxy) is 1. The number of amides is 2. The van der Waals surface area contributed by atoms with Gasteiger partial charge in [-0.2, -0.15) is 11.8 Å². The van der Waals surface area contributed by atoms with Gasteiger partial charge in [-0.05, 0) is 93.4 Å². The van der Waals surface area contributed by atoms with Crippen molar-refractivity contribution < 1.29 is 14.3 Å². The van der Waals surface area contributed by atoms with Gasteiger partial charge in [0.1, 0.15) is 11.3 Å². The Morgan fingerprint density at radius 1 is 0.882 bits per heavy atom. The van der Waals surface area contributed by atoms with Crippen LogP contribution in [0.25, 0.3) is 0 Å². The molecule has 51 heavy (non-hydrogen) atoms. The highest BCUT2D eigenvalue weighted by atomic mass is 32.2. The van der Waals surface area contributed by atoms with E-state index in [-0.39, 0.29) is 17.2 Å². The van der Waals surface area contributed by atoms with Crippen molar-refractivity contribution in [3.05, 3.63) is 143 Å². The Balaban J connectivity index is 1.63. The fraction of sp³-hybridized carbons (Fsp3) is 0.395. The number of nitrogens with zero attached hydrogens (tertiary/aromatic N) is 1. The Kier molecular flexibility index (Phi) is 12.6. The van der Waals surface area contributed by atoms with Gasteiger partial charge in [0.25, 0.3) is 5.91 Å². The van der Waals surface area contributed by atoms with Gasteiger partial charge in [-0.25, -0.2) is 4.79 Å². The number of carbonyl (C=O) groups excluding carboxylic acids is 2. The number of nitrogens with one attached hydrogen (secondary N) is 2. The predicted octanol–water partition coefficient (Wildman–Crippen LogP) is 9.20. The van der Waals surface area contributed by atoms with Gasteiger partial charge in [-0.3, -0.25) is 10.1 Å². The van der Waals surface area contributed by atoms with Crippen molar-refractivity contribution in [3.63, 3.8) is 0 Å². The molecular weight excluding hydrogens is 671 g/mol. The van der Waals surface area contributed by atoms with E-state index in [0.29, 0.717) is 31.5 Å². The standard InChI is InChI=1S/C43H53N3O3S2/c1-31-18-17-25-37(33(31)3)39(47)46-28-27-44-42(26-29-50-7,45-40(48)49-41(4,5)6)38(46)30-32(2)51-43(34-19-11-8-12-20-34,35-21-13-9-14-22-35)36-23-15-10-16-24-36/h8-25,32,38,44H,26-30H2,1-7H3,(H,45,48)/t32-,38?,42?/m0/s1. The maximum absolute atomic E-state index is 14.7. The van der Waals surface area contributed by atoms with Gasteiger partial charge in [0, 0.05) is 23.9 Å². The van der Waals surface area contributed by atoms with Crippen LogP contribution in [0.2, 0.25) is 0 Å². The fourth-order valence-electron chi connectivity index (χ4n) is 7.23. The van der Waals surface area contributed by atoms with Gasteiger partial charge < -0.3 is 15.0 Å². The zero-order chi connectivity index (χ0) is 36.6. The van der Waals surface area contributed by atoms with Crippen LogP contribution in [0.4, 0.5) is 4.79 Å². The van der Waals surface area contributed by atoms with Crippen molar-refractivity contribution in [1.82, 2.24) is 15.5 Å². The van der Waals surface area contributed by atoms with E-state index in [0.717, 1.165) is 16.9 Å². The van der Waals surface area contributed by atoms with Crippen LogP contribution in [0.15, 0.2) is 109 Å². The van der Waals surface area contributed by atoms with Gasteiger partial charge in [-0.1, -0.05) is 110 Å². The molecule has 1 heterocycles.